The van der Waals surface area contributed by atoms with Crippen LogP contribution in [0.2, 0.25) is 0 Å². The van der Waals surface area contributed by atoms with Gasteiger partial charge in [-0.15, -0.1) is 0 Å². The lowest BCUT2D eigenvalue weighted by molar-refractivity contribution is -0.156. The van der Waals surface area contributed by atoms with E-state index in [9.17, 15) is 19.8 Å². The van der Waals surface area contributed by atoms with Crippen LogP contribution in [0.15, 0.2) is 42.5 Å². The molecule has 42 heavy (non-hydrogen) atoms. The molecule has 10 heteroatoms. The van der Waals surface area contributed by atoms with E-state index >= 15 is 0 Å². The third-order valence-corrected chi connectivity index (χ3v) is 7.63. The Balaban J connectivity index is 1.91. The Morgan fingerprint density at radius 1 is 0.976 bits per heavy atom. The van der Waals surface area contributed by atoms with Crippen molar-refractivity contribution in [3.63, 3.8) is 0 Å². The van der Waals surface area contributed by atoms with Crippen LogP contribution in [0.5, 0.6) is 11.5 Å². The average Bonchev–Trinajstić information content (AvgIpc) is 2.93. The van der Waals surface area contributed by atoms with E-state index in [2.05, 4.69) is 5.32 Å². The molecular formula is C32H46N2O8. The maximum Gasteiger partial charge on any atom is 0.329 e. The summed E-state index contributed by atoms with van der Waals surface area (Å²) in [7, 11) is 0. The fourth-order valence-corrected chi connectivity index (χ4v) is 5.30. The second kappa shape index (κ2) is 15.2. The highest BCUT2D eigenvalue weighted by atomic mass is 16.5. The number of aliphatic carboxylic acids is 1. The highest BCUT2D eigenvalue weighted by Crippen LogP contribution is 2.39. The van der Waals surface area contributed by atoms with Gasteiger partial charge in [0, 0.05) is 26.0 Å². The molecule has 1 saturated carbocycles. The van der Waals surface area contributed by atoms with Crippen LogP contribution >= 0.6 is 0 Å². The molecule has 10 nitrogen and oxygen atoms in total. The van der Waals surface area contributed by atoms with Crippen molar-refractivity contribution in [3.8, 4) is 11.5 Å². The number of rotatable bonds is 16. The molecule has 1 unspecified atom stereocenters. The number of urea groups is 1. The number of aliphatic hydroxyl groups excluding tert-OH is 1. The standard InChI is InChI=1S/C32H46N2O8/c1-7-39-26-19-32(20-26,30(36)37)33-31(38)34(15-16-42-23(6)24-13-11-10-12-14-24)21(4)25-17-27(40-8-2)29(22(5)35)28(18-25)41-9-3/h10-14,17-18,21-23,26,35H,7-9,15-16,19-20H2,1-6H3,(H,33,38)(H,36,37)/t21-,22?,23+,26-,32-/m1/s1. The third-order valence-electron chi connectivity index (χ3n) is 7.63. The minimum absolute atomic E-state index is 0.192. The molecule has 1 aliphatic rings. The fraction of sp³-hybridized carbons (Fsp3) is 0.562. The average molecular weight is 587 g/mol. The lowest BCUT2D eigenvalue weighted by Gasteiger charge is -2.45. The summed E-state index contributed by atoms with van der Waals surface area (Å²) in [6.07, 6.45) is -0.871. The topological polar surface area (TPSA) is 127 Å². The van der Waals surface area contributed by atoms with E-state index in [4.69, 9.17) is 18.9 Å². The number of benzene rings is 2. The van der Waals surface area contributed by atoms with Crippen LogP contribution < -0.4 is 14.8 Å². The van der Waals surface area contributed by atoms with Crippen molar-refractivity contribution in [2.24, 2.45) is 0 Å². The van der Waals surface area contributed by atoms with Crippen molar-refractivity contribution >= 4 is 12.0 Å². The number of ether oxygens (including phenoxy) is 4. The molecule has 3 atom stereocenters. The van der Waals surface area contributed by atoms with Gasteiger partial charge in [-0.2, -0.15) is 0 Å². The zero-order valence-electron chi connectivity index (χ0n) is 25.6. The summed E-state index contributed by atoms with van der Waals surface area (Å²) in [5, 5.41) is 23.3. The van der Waals surface area contributed by atoms with Gasteiger partial charge in [0.2, 0.25) is 0 Å². The molecule has 1 aliphatic carbocycles. The predicted molar refractivity (Wildman–Crippen MR) is 159 cm³/mol. The van der Waals surface area contributed by atoms with E-state index in [0.29, 0.717) is 42.4 Å². The summed E-state index contributed by atoms with van der Waals surface area (Å²) in [5.74, 6) is -0.155. The van der Waals surface area contributed by atoms with Crippen LogP contribution in [0.3, 0.4) is 0 Å². The molecule has 0 bridgehead atoms. The summed E-state index contributed by atoms with van der Waals surface area (Å²) in [6, 6.07) is 12.3. The van der Waals surface area contributed by atoms with Crippen LogP contribution in [0.1, 0.15) is 89.3 Å². The Labute approximate surface area is 248 Å². The molecule has 3 N–H and O–H groups in total. The molecule has 0 aromatic heterocycles. The first-order valence-corrected chi connectivity index (χ1v) is 14.8. The third kappa shape index (κ3) is 7.93. The molecule has 232 valence electrons. The fourth-order valence-electron chi connectivity index (χ4n) is 5.30. The van der Waals surface area contributed by atoms with Gasteiger partial charge in [0.1, 0.15) is 17.0 Å². The van der Waals surface area contributed by atoms with Crippen molar-refractivity contribution < 1.29 is 38.7 Å². The molecule has 3 rings (SSSR count). The summed E-state index contributed by atoms with van der Waals surface area (Å²) in [6.45, 7) is 12.7. The second-order valence-electron chi connectivity index (χ2n) is 10.6. The molecule has 0 aliphatic heterocycles. The molecule has 2 aromatic rings. The molecule has 1 fully saturated rings. The van der Waals surface area contributed by atoms with Crippen LogP contribution in [-0.2, 0) is 14.3 Å². The molecule has 0 radical (unpaired) electrons. The largest absolute Gasteiger partial charge is 0.493 e. The SMILES string of the molecule is CCOc1cc([C@@H](C)N(CCO[C@@H](C)c2ccccc2)C(=O)N[C@]2(C(=O)O)C[C@@H](OCC)C2)cc(OCC)c1C(C)O. The minimum Gasteiger partial charge on any atom is -0.493 e. The van der Waals surface area contributed by atoms with E-state index in [1.54, 1.807) is 24.0 Å². The Morgan fingerprint density at radius 2 is 1.57 bits per heavy atom. The second-order valence-corrected chi connectivity index (χ2v) is 10.6. The van der Waals surface area contributed by atoms with Gasteiger partial charge >= 0.3 is 12.0 Å². The molecule has 2 amide bonds. The van der Waals surface area contributed by atoms with Gasteiger partial charge in [-0.25, -0.2) is 9.59 Å². The first-order chi connectivity index (χ1) is 20.1. The van der Waals surface area contributed by atoms with E-state index in [1.165, 1.54) is 0 Å². The summed E-state index contributed by atoms with van der Waals surface area (Å²) in [5.41, 5.74) is 0.852. The zero-order valence-corrected chi connectivity index (χ0v) is 25.6. The number of carbonyl (C=O) groups is 2. The Morgan fingerprint density at radius 3 is 2.07 bits per heavy atom. The summed E-state index contributed by atoms with van der Waals surface area (Å²) >= 11 is 0. The van der Waals surface area contributed by atoms with E-state index in [0.717, 1.165) is 5.56 Å². The summed E-state index contributed by atoms with van der Waals surface area (Å²) in [4.78, 5) is 27.7. The number of hydrogen-bond acceptors (Lipinski definition) is 7. The Kier molecular flexibility index (Phi) is 12.0. The number of carboxylic acids is 1. The molecule has 2 aromatic carbocycles. The Bertz CT molecular complexity index is 1140. The minimum atomic E-state index is -1.41. The first-order valence-electron chi connectivity index (χ1n) is 14.8. The van der Waals surface area contributed by atoms with Crippen LogP contribution in [0, 0.1) is 0 Å². The van der Waals surface area contributed by atoms with Crippen molar-refractivity contribution in [1.82, 2.24) is 10.2 Å². The number of hydrogen-bond donors (Lipinski definition) is 3. The van der Waals surface area contributed by atoms with E-state index in [-0.39, 0.29) is 38.2 Å². The van der Waals surface area contributed by atoms with Crippen molar-refractivity contribution in [2.75, 3.05) is 33.0 Å². The number of amides is 2. The lowest BCUT2D eigenvalue weighted by Crippen LogP contribution is -2.66. The number of nitrogens with one attached hydrogen (secondary N) is 1. The molecule has 0 spiro atoms. The molecule has 0 heterocycles. The van der Waals surface area contributed by atoms with Crippen molar-refractivity contribution in [1.29, 1.82) is 0 Å². The maximum atomic E-state index is 13.8. The number of carboxylic acid groups (broad SMARTS) is 1. The van der Waals surface area contributed by atoms with Crippen molar-refractivity contribution in [2.45, 2.75) is 84.3 Å². The van der Waals surface area contributed by atoms with Gasteiger partial charge in [-0.1, -0.05) is 30.3 Å². The first kappa shape index (κ1) is 33.2. The van der Waals surface area contributed by atoms with Crippen molar-refractivity contribution in [3.05, 3.63) is 59.2 Å². The van der Waals surface area contributed by atoms with E-state index < -0.39 is 29.7 Å². The smallest absolute Gasteiger partial charge is 0.329 e. The van der Waals surface area contributed by atoms with Gasteiger partial charge in [-0.3, -0.25) is 0 Å². The van der Waals surface area contributed by atoms with Gasteiger partial charge in [0.25, 0.3) is 0 Å². The highest BCUT2D eigenvalue weighted by molar-refractivity contribution is 5.87. The lowest BCUT2D eigenvalue weighted by atomic mass is 9.74. The monoisotopic (exact) mass is 586 g/mol. The van der Waals surface area contributed by atoms with Crippen LogP contribution in [-0.4, -0.2) is 71.7 Å². The van der Waals surface area contributed by atoms with E-state index in [1.807, 2.05) is 65.0 Å². The summed E-state index contributed by atoms with van der Waals surface area (Å²) < 4.78 is 23.4. The van der Waals surface area contributed by atoms with Gasteiger partial charge in [0.15, 0.2) is 0 Å². The van der Waals surface area contributed by atoms with Gasteiger partial charge < -0.3 is 39.4 Å². The number of aliphatic hydroxyl groups is 1. The quantitative estimate of drug-likeness (QED) is 0.238. The Hall–Kier alpha value is -3.34. The van der Waals surface area contributed by atoms with Crippen LogP contribution in [0.4, 0.5) is 4.79 Å². The molecule has 0 saturated heterocycles. The van der Waals surface area contributed by atoms with Gasteiger partial charge in [0.05, 0.1) is 49.7 Å². The van der Waals surface area contributed by atoms with Crippen LogP contribution in [0.25, 0.3) is 0 Å². The van der Waals surface area contributed by atoms with Gasteiger partial charge in [-0.05, 0) is 64.8 Å². The molecular weight excluding hydrogens is 540 g/mol. The maximum absolute atomic E-state index is 13.8. The number of nitrogens with zero attached hydrogens (tertiary/aromatic N) is 1. The predicted octanol–water partition coefficient (Wildman–Crippen LogP) is 5.41. The zero-order chi connectivity index (χ0) is 30.9. The normalized spacial score (nSPS) is 20.1. The number of carbonyl (C=O) groups excluding carboxylic acids is 1. The highest BCUT2D eigenvalue weighted by Gasteiger charge is 2.53.